The molecule has 20 heteroatoms. The summed E-state index contributed by atoms with van der Waals surface area (Å²) in [6.45, 7) is 1.44. The van der Waals surface area contributed by atoms with Gasteiger partial charge in [0.05, 0.1) is 22.7 Å². The van der Waals surface area contributed by atoms with Crippen LogP contribution in [0.15, 0.2) is 163 Å². The van der Waals surface area contributed by atoms with Crippen LogP contribution in [0.3, 0.4) is 0 Å². The first kappa shape index (κ1) is 56.1. The lowest BCUT2D eigenvalue weighted by molar-refractivity contribution is -0.133. The van der Waals surface area contributed by atoms with Crippen molar-refractivity contribution >= 4 is 140 Å². The molecule has 0 atom stereocenters. The molecule has 2 aliphatic heterocycles. The Bertz CT molecular complexity index is 3710. The van der Waals surface area contributed by atoms with Crippen LogP contribution in [0.5, 0.6) is 0 Å². The molecule has 0 amide bonds. The zero-order valence-electron chi connectivity index (χ0n) is 42.7. The van der Waals surface area contributed by atoms with E-state index < -0.39 is 23.9 Å². The summed E-state index contributed by atoms with van der Waals surface area (Å²) in [5, 5.41) is 75.3. The molecular weight excluding hydrogens is 1150 g/mol. The number of aliphatic carboxylic acids is 4. The molecular formula is C62H40N6O8S6. The van der Waals surface area contributed by atoms with Gasteiger partial charge in [0.1, 0.15) is 46.6 Å². The smallest absolute Gasteiger partial charge is 0.346 e. The van der Waals surface area contributed by atoms with Crippen LogP contribution >= 0.6 is 68.9 Å². The minimum Gasteiger partial charge on any atom is -0.477 e. The Balaban J connectivity index is 0.898. The van der Waals surface area contributed by atoms with Crippen molar-refractivity contribution in [1.82, 2.24) is 0 Å². The van der Waals surface area contributed by atoms with Crippen molar-refractivity contribution < 1.29 is 39.6 Å². The molecule has 0 saturated heterocycles. The molecule has 0 aliphatic carbocycles. The molecule has 82 heavy (non-hydrogen) atoms. The normalized spacial score (nSPS) is 12.9. The van der Waals surface area contributed by atoms with Crippen LogP contribution in [0, 0.1) is 45.3 Å². The number of rotatable bonds is 19. The lowest BCUT2D eigenvalue weighted by atomic mass is 10.1. The molecule has 0 unspecified atom stereocenters. The summed E-state index contributed by atoms with van der Waals surface area (Å²) in [4.78, 5) is 61.4. The maximum absolute atomic E-state index is 11.6. The third-order valence-corrected chi connectivity index (χ3v) is 19.7. The standard InChI is InChI=1S/C62H40N6O8S6/c63-31-39(59(69)70)23-43-9-17-51(77-43)35-5-13-47-55(27-35)81-56-28-36(52-18-10-44(78-52)24-40(32-64)60(71)72)6-14-48(56)67(47)21-3-1-2-4-22-68-49-15-7-37(53-19-11-45(79-53)25-41(33-65)61(73)74)29-57(49)82-58-30-38(8-16-50(58)68)54-20-12-46(80-54)26-42(34-66)62(75)76/h5-20,23-30H,1-4,21-22H2,(H,69,70)(H,71,72)(H,73,74)(H,75,76)/b39-23-,40-24-,41-25-,42-26+. The number of carboxylic acid groups (broad SMARTS) is 4. The van der Waals surface area contributed by atoms with Crippen molar-refractivity contribution in [1.29, 1.82) is 21.0 Å². The van der Waals surface area contributed by atoms with Gasteiger partial charge >= 0.3 is 23.9 Å². The van der Waals surface area contributed by atoms with Gasteiger partial charge in [0.2, 0.25) is 0 Å². The van der Waals surface area contributed by atoms with Gasteiger partial charge in [-0.1, -0.05) is 60.6 Å². The van der Waals surface area contributed by atoms with Gasteiger partial charge in [-0.25, -0.2) is 19.2 Å². The molecule has 2 aliphatic rings. The number of nitrogens with zero attached hydrogens (tertiary/aromatic N) is 6. The number of unbranched alkanes of at least 4 members (excludes halogenated alkanes) is 3. The quantitative estimate of drug-likeness (QED) is 0.0334. The number of nitriles is 4. The van der Waals surface area contributed by atoms with Gasteiger partial charge in [0.15, 0.2) is 0 Å². The van der Waals surface area contributed by atoms with Gasteiger partial charge in [-0.3, -0.25) is 0 Å². The number of benzene rings is 4. The Morgan fingerprint density at radius 2 is 0.610 bits per heavy atom. The second kappa shape index (κ2) is 24.7. The molecule has 10 rings (SSSR count). The van der Waals surface area contributed by atoms with Crippen molar-refractivity contribution in [2.75, 3.05) is 22.9 Å². The first-order chi connectivity index (χ1) is 39.7. The van der Waals surface area contributed by atoms with E-state index in [9.17, 15) is 60.7 Å². The number of hydrogen-bond donors (Lipinski definition) is 4. The monoisotopic (exact) mass is 1190 g/mol. The highest BCUT2D eigenvalue weighted by Gasteiger charge is 2.27. The first-order valence-corrected chi connectivity index (χ1v) is 29.9. The number of carboxylic acids is 4. The van der Waals surface area contributed by atoms with Gasteiger partial charge in [-0.05, 0) is 156 Å². The van der Waals surface area contributed by atoms with E-state index in [1.54, 1.807) is 72.1 Å². The zero-order chi connectivity index (χ0) is 57.6. The van der Waals surface area contributed by atoms with Crippen molar-refractivity contribution in [3.63, 3.8) is 0 Å². The maximum Gasteiger partial charge on any atom is 0.346 e. The molecule has 0 radical (unpaired) electrons. The summed E-state index contributed by atoms with van der Waals surface area (Å²) in [6.07, 6.45) is 9.11. The van der Waals surface area contributed by atoms with Crippen molar-refractivity contribution in [2.45, 2.75) is 45.3 Å². The van der Waals surface area contributed by atoms with E-state index in [2.05, 4.69) is 82.6 Å². The van der Waals surface area contributed by atoms with E-state index >= 15 is 0 Å². The highest BCUT2D eigenvalue weighted by molar-refractivity contribution is 8.00. The van der Waals surface area contributed by atoms with Crippen LogP contribution in [-0.2, 0) is 19.2 Å². The summed E-state index contributed by atoms with van der Waals surface area (Å²) < 4.78 is 0. The predicted molar refractivity (Wildman–Crippen MR) is 325 cm³/mol. The summed E-state index contributed by atoms with van der Waals surface area (Å²) in [6, 6.07) is 47.1. The Morgan fingerprint density at radius 3 is 0.829 bits per heavy atom. The molecule has 0 fully saturated rings. The van der Waals surface area contributed by atoms with E-state index in [0.717, 1.165) is 123 Å². The van der Waals surface area contributed by atoms with E-state index in [1.807, 2.05) is 24.3 Å². The number of carbonyl (C=O) groups is 4. The molecule has 14 nitrogen and oxygen atoms in total. The topological polar surface area (TPSA) is 251 Å². The highest BCUT2D eigenvalue weighted by Crippen LogP contribution is 2.53. The Labute approximate surface area is 494 Å². The Morgan fingerprint density at radius 1 is 0.366 bits per heavy atom. The number of thiophene rings is 4. The highest BCUT2D eigenvalue weighted by atomic mass is 32.2. The molecule has 4 aromatic carbocycles. The van der Waals surface area contributed by atoms with Gasteiger partial charge in [0.25, 0.3) is 0 Å². The van der Waals surface area contributed by atoms with Gasteiger partial charge in [-0.15, -0.1) is 45.3 Å². The predicted octanol–water partition coefficient (Wildman–Crippen LogP) is 16.0. The van der Waals surface area contributed by atoms with Gasteiger partial charge in [0, 0.05) is 71.7 Å². The van der Waals surface area contributed by atoms with Crippen LogP contribution in [-0.4, -0.2) is 57.4 Å². The maximum atomic E-state index is 11.6. The minimum absolute atomic E-state index is 0.346. The summed E-state index contributed by atoms with van der Waals surface area (Å²) in [5.41, 5.74) is 6.59. The number of fused-ring (bicyclic) bond motifs is 4. The third-order valence-electron chi connectivity index (χ3n) is 13.2. The molecule has 0 saturated carbocycles. The summed E-state index contributed by atoms with van der Waals surface area (Å²) >= 11 is 8.88. The second-order valence-corrected chi connectivity index (χ2v) is 25.0. The van der Waals surface area contributed by atoms with Crippen molar-refractivity contribution in [2.24, 2.45) is 0 Å². The van der Waals surface area contributed by atoms with E-state index in [-0.39, 0.29) is 22.3 Å². The van der Waals surface area contributed by atoms with E-state index in [1.165, 1.54) is 69.7 Å². The largest absolute Gasteiger partial charge is 0.477 e. The third kappa shape index (κ3) is 12.2. The van der Waals surface area contributed by atoms with Crippen LogP contribution in [0.2, 0.25) is 0 Å². The lowest BCUT2D eigenvalue weighted by Gasteiger charge is -2.34. The molecule has 8 aromatic rings. The van der Waals surface area contributed by atoms with E-state index in [4.69, 9.17) is 0 Å². The lowest BCUT2D eigenvalue weighted by Crippen LogP contribution is -2.23. The second-order valence-electron chi connectivity index (χ2n) is 18.4. The van der Waals surface area contributed by atoms with Crippen LogP contribution in [0.25, 0.3) is 66.1 Å². The van der Waals surface area contributed by atoms with Crippen molar-refractivity contribution in [3.8, 4) is 66.0 Å². The number of anilines is 4. The fourth-order valence-corrected chi connectivity index (χ4v) is 15.4. The van der Waals surface area contributed by atoms with Crippen LogP contribution < -0.4 is 9.80 Å². The molecule has 4 aromatic heterocycles. The SMILES string of the molecule is N#C/C(=C/c1ccc(-c2ccc3c(c2)Sc2cc(-c4ccc(/C=C(/C#N)C(=O)O)s4)ccc2N3CCCCCCN2c3ccc(-c4ccc(/C=C(/C#N)C(=O)O)s4)cc3Sc3cc(-c4ccc(/C=C(\C#N)C(=O)O)s4)ccc32)s1)C(=O)O. The molecule has 0 spiro atoms. The van der Waals surface area contributed by atoms with Crippen molar-refractivity contribution in [3.05, 3.63) is 163 Å². The molecule has 0 bridgehead atoms. The van der Waals surface area contributed by atoms with Crippen LogP contribution in [0.1, 0.15) is 45.2 Å². The first-order valence-electron chi connectivity index (χ1n) is 25.0. The van der Waals surface area contributed by atoms with Gasteiger partial charge < -0.3 is 30.2 Å². The average molecular weight is 1190 g/mol. The summed E-state index contributed by atoms with van der Waals surface area (Å²) in [5.74, 6) is -5.15. The molecule has 4 N–H and O–H groups in total. The average Bonchev–Trinajstić information content (AvgIpc) is 4.43. The fourth-order valence-electron chi connectivity index (χ4n) is 9.24. The zero-order valence-corrected chi connectivity index (χ0v) is 47.6. The van der Waals surface area contributed by atoms with Crippen LogP contribution in [0.4, 0.5) is 22.7 Å². The van der Waals surface area contributed by atoms with Gasteiger partial charge in [-0.2, -0.15) is 21.0 Å². The molecule has 6 heterocycles. The fraction of sp³-hybridized carbons (Fsp3) is 0.0968. The summed E-state index contributed by atoms with van der Waals surface area (Å²) in [7, 11) is 0. The van der Waals surface area contributed by atoms with E-state index in [0.29, 0.717) is 19.5 Å². The molecule has 402 valence electrons. The Hall–Kier alpha value is -9.22. The minimum atomic E-state index is -1.29. The Kier molecular flexibility index (Phi) is 16.9. The number of hydrogen-bond acceptors (Lipinski definition) is 16.